The molecule has 0 spiro atoms. The zero-order valence-electron chi connectivity index (χ0n) is 16.3. The van der Waals surface area contributed by atoms with Crippen molar-refractivity contribution in [2.45, 2.75) is 38.3 Å². The van der Waals surface area contributed by atoms with E-state index in [2.05, 4.69) is 20.2 Å². The third-order valence-corrected chi connectivity index (χ3v) is 4.76. The van der Waals surface area contributed by atoms with Gasteiger partial charge in [-0.15, -0.1) is 0 Å². The Morgan fingerprint density at radius 1 is 1.07 bits per heavy atom. The molecular formula is C22H26N4O3. The van der Waals surface area contributed by atoms with Crippen molar-refractivity contribution in [1.29, 1.82) is 0 Å². The predicted molar refractivity (Wildman–Crippen MR) is 112 cm³/mol. The molecule has 0 saturated carbocycles. The molecule has 3 aromatic rings. The molecule has 1 aromatic heterocycles. The van der Waals surface area contributed by atoms with Gasteiger partial charge in [0.2, 0.25) is 0 Å². The average molecular weight is 394 g/mol. The molecule has 0 saturated heterocycles. The highest BCUT2D eigenvalue weighted by Gasteiger charge is 2.14. The second-order valence-electron chi connectivity index (χ2n) is 7.00. The van der Waals surface area contributed by atoms with Gasteiger partial charge in [-0.1, -0.05) is 42.5 Å². The maximum atomic E-state index is 12.3. The average Bonchev–Trinajstić information content (AvgIpc) is 3.13. The molecule has 0 aliphatic carbocycles. The quantitative estimate of drug-likeness (QED) is 0.460. The minimum Gasteiger partial charge on any atom is -0.481 e. The van der Waals surface area contributed by atoms with Crippen LogP contribution in [0, 0.1) is 0 Å². The summed E-state index contributed by atoms with van der Waals surface area (Å²) in [6, 6.07) is 17.2. The van der Waals surface area contributed by atoms with E-state index in [0.717, 1.165) is 29.6 Å². The van der Waals surface area contributed by atoms with Crippen molar-refractivity contribution in [3.05, 3.63) is 66.5 Å². The molecule has 0 bridgehead atoms. The first-order valence-corrected chi connectivity index (χ1v) is 9.82. The van der Waals surface area contributed by atoms with Crippen molar-refractivity contribution in [2.24, 2.45) is 0 Å². The number of nitrogens with zero attached hydrogens (tertiary/aromatic N) is 2. The summed E-state index contributed by atoms with van der Waals surface area (Å²) < 4.78 is 2.07. The number of carboxylic acid groups (broad SMARTS) is 1. The topological polar surface area (TPSA) is 96.3 Å². The maximum Gasteiger partial charge on any atom is 0.315 e. The van der Waals surface area contributed by atoms with Gasteiger partial charge in [0.15, 0.2) is 0 Å². The van der Waals surface area contributed by atoms with Crippen LogP contribution < -0.4 is 10.6 Å². The highest BCUT2D eigenvalue weighted by molar-refractivity contribution is 5.75. The summed E-state index contributed by atoms with van der Waals surface area (Å²) in [6.45, 7) is 1.28. The Morgan fingerprint density at radius 3 is 2.62 bits per heavy atom. The van der Waals surface area contributed by atoms with Gasteiger partial charge in [0, 0.05) is 25.6 Å². The number of carboxylic acids is 1. The first kappa shape index (κ1) is 20.4. The van der Waals surface area contributed by atoms with E-state index in [9.17, 15) is 9.59 Å². The lowest BCUT2D eigenvalue weighted by Gasteiger charge is -2.19. The van der Waals surface area contributed by atoms with Gasteiger partial charge >= 0.3 is 12.0 Å². The molecule has 0 aliphatic heterocycles. The molecule has 3 rings (SSSR count). The Balaban J connectivity index is 1.45. The Hall–Kier alpha value is -3.35. The molecule has 3 N–H and O–H groups in total. The van der Waals surface area contributed by atoms with Crippen LogP contribution in [-0.2, 0) is 17.8 Å². The number of imidazole rings is 1. The van der Waals surface area contributed by atoms with E-state index >= 15 is 0 Å². The summed E-state index contributed by atoms with van der Waals surface area (Å²) in [5.74, 6) is -0.863. The van der Waals surface area contributed by atoms with Gasteiger partial charge in [0.1, 0.15) is 0 Å². The number of carbonyl (C=O) groups excluding carboxylic acids is 1. The van der Waals surface area contributed by atoms with Gasteiger partial charge < -0.3 is 20.3 Å². The van der Waals surface area contributed by atoms with Crippen LogP contribution in [0.3, 0.4) is 0 Å². The number of aromatic nitrogens is 2. The minimum absolute atomic E-state index is 0.0193. The summed E-state index contributed by atoms with van der Waals surface area (Å²) in [4.78, 5) is 27.6. The maximum absolute atomic E-state index is 12.3. The van der Waals surface area contributed by atoms with E-state index in [-0.39, 0.29) is 18.5 Å². The summed E-state index contributed by atoms with van der Waals surface area (Å²) in [7, 11) is 0. The largest absolute Gasteiger partial charge is 0.481 e. The molecule has 2 amide bonds. The van der Waals surface area contributed by atoms with Gasteiger partial charge in [-0.05, 0) is 37.0 Å². The zero-order valence-corrected chi connectivity index (χ0v) is 16.3. The number of carbonyl (C=O) groups is 2. The van der Waals surface area contributed by atoms with Crippen LogP contribution in [-0.4, -0.2) is 39.2 Å². The van der Waals surface area contributed by atoms with Crippen LogP contribution in [0.25, 0.3) is 11.0 Å². The van der Waals surface area contributed by atoms with E-state index in [1.54, 1.807) is 0 Å². The van der Waals surface area contributed by atoms with E-state index in [1.165, 1.54) is 0 Å². The number of aliphatic carboxylic acids is 1. The van der Waals surface area contributed by atoms with Gasteiger partial charge in [0.25, 0.3) is 0 Å². The number of hydrogen-bond donors (Lipinski definition) is 3. The van der Waals surface area contributed by atoms with Crippen molar-refractivity contribution in [3.8, 4) is 0 Å². The lowest BCUT2D eigenvalue weighted by molar-refractivity contribution is -0.137. The van der Waals surface area contributed by atoms with Crippen LogP contribution in [0.5, 0.6) is 0 Å². The third-order valence-electron chi connectivity index (χ3n) is 4.76. The summed E-state index contributed by atoms with van der Waals surface area (Å²) >= 11 is 0. The number of amides is 2. The second-order valence-corrected chi connectivity index (χ2v) is 7.00. The lowest BCUT2D eigenvalue weighted by atomic mass is 10.0. The number of urea groups is 1. The van der Waals surface area contributed by atoms with Crippen LogP contribution in [0.2, 0.25) is 0 Å². The Morgan fingerprint density at radius 2 is 1.83 bits per heavy atom. The van der Waals surface area contributed by atoms with E-state index in [0.29, 0.717) is 19.4 Å². The number of hydrogen-bond acceptors (Lipinski definition) is 3. The molecule has 7 heteroatoms. The molecule has 0 fully saturated rings. The lowest BCUT2D eigenvalue weighted by Crippen LogP contribution is -2.43. The van der Waals surface area contributed by atoms with E-state index in [4.69, 9.17) is 5.11 Å². The molecule has 1 heterocycles. The Bertz CT molecular complexity index is 939. The molecule has 152 valence electrons. The highest BCUT2D eigenvalue weighted by Crippen LogP contribution is 2.12. The number of nitrogens with one attached hydrogen (secondary N) is 2. The van der Waals surface area contributed by atoms with Crippen molar-refractivity contribution in [2.75, 3.05) is 6.54 Å². The van der Waals surface area contributed by atoms with E-state index in [1.807, 2.05) is 60.9 Å². The minimum atomic E-state index is -0.863. The van der Waals surface area contributed by atoms with E-state index < -0.39 is 5.97 Å². The molecule has 0 aliphatic rings. The number of aryl methyl sites for hydroxylation is 1. The fourth-order valence-corrected chi connectivity index (χ4v) is 3.30. The zero-order chi connectivity index (χ0) is 20.5. The standard InChI is InChI=1S/C22H26N4O3/c27-21(28)12-11-18(15-17-7-2-1-3-8-17)25-22(29)23-13-6-14-26-16-24-19-9-4-5-10-20(19)26/h1-5,7-10,16,18H,6,11-15H2,(H,27,28)(H2,23,25,29). The van der Waals surface area contributed by atoms with Crippen LogP contribution in [0.4, 0.5) is 4.79 Å². The number of fused-ring (bicyclic) bond motifs is 1. The molecule has 0 radical (unpaired) electrons. The van der Waals surface area contributed by atoms with Crippen LogP contribution in [0.1, 0.15) is 24.8 Å². The highest BCUT2D eigenvalue weighted by atomic mass is 16.4. The Kier molecular flexibility index (Phi) is 7.22. The second kappa shape index (κ2) is 10.3. The normalized spacial score (nSPS) is 11.9. The summed E-state index contributed by atoms with van der Waals surface area (Å²) in [5, 5.41) is 14.7. The van der Waals surface area contributed by atoms with Crippen molar-refractivity contribution >= 4 is 23.0 Å². The SMILES string of the molecule is O=C(O)CCC(Cc1ccccc1)NC(=O)NCCCn1cnc2ccccc21. The van der Waals surface area contributed by atoms with Crippen molar-refractivity contribution in [3.63, 3.8) is 0 Å². The fraction of sp³-hybridized carbons (Fsp3) is 0.318. The third kappa shape index (κ3) is 6.34. The molecule has 1 atom stereocenters. The van der Waals surface area contributed by atoms with Gasteiger partial charge in [-0.3, -0.25) is 4.79 Å². The van der Waals surface area contributed by atoms with Crippen molar-refractivity contribution < 1.29 is 14.7 Å². The summed E-state index contributed by atoms with van der Waals surface area (Å²) in [5.41, 5.74) is 3.10. The predicted octanol–water partition coefficient (Wildman–Crippen LogP) is 3.20. The van der Waals surface area contributed by atoms with Gasteiger partial charge in [-0.2, -0.15) is 0 Å². The van der Waals surface area contributed by atoms with Gasteiger partial charge in [-0.25, -0.2) is 9.78 Å². The number of rotatable bonds is 10. The fourth-order valence-electron chi connectivity index (χ4n) is 3.30. The van der Waals surface area contributed by atoms with Gasteiger partial charge in [0.05, 0.1) is 17.4 Å². The molecule has 2 aromatic carbocycles. The Labute approximate surface area is 169 Å². The summed E-state index contributed by atoms with van der Waals surface area (Å²) in [6.07, 6.45) is 3.59. The smallest absolute Gasteiger partial charge is 0.315 e. The number of para-hydroxylation sites is 2. The number of benzene rings is 2. The van der Waals surface area contributed by atoms with Crippen LogP contribution in [0.15, 0.2) is 60.9 Å². The molecule has 1 unspecified atom stereocenters. The molecular weight excluding hydrogens is 368 g/mol. The first-order valence-electron chi connectivity index (χ1n) is 9.82. The monoisotopic (exact) mass is 394 g/mol. The molecule has 7 nitrogen and oxygen atoms in total. The molecule has 29 heavy (non-hydrogen) atoms. The first-order chi connectivity index (χ1) is 14.1. The van der Waals surface area contributed by atoms with Crippen LogP contribution >= 0.6 is 0 Å². The van der Waals surface area contributed by atoms with Crippen molar-refractivity contribution in [1.82, 2.24) is 20.2 Å².